The Morgan fingerprint density at radius 2 is 2.24 bits per heavy atom. The highest BCUT2D eigenvalue weighted by atomic mass is 32.1. The summed E-state index contributed by atoms with van der Waals surface area (Å²) in [4.78, 5) is 14.4. The summed E-state index contributed by atoms with van der Waals surface area (Å²) in [6.45, 7) is 1.26. The Balaban J connectivity index is 2.06. The number of hydrogen-bond acceptors (Lipinski definition) is 5. The summed E-state index contributed by atoms with van der Waals surface area (Å²) in [6, 6.07) is 0. The van der Waals surface area contributed by atoms with Crippen LogP contribution in [0.2, 0.25) is 0 Å². The van der Waals surface area contributed by atoms with Gasteiger partial charge in [0.2, 0.25) is 0 Å². The molecule has 0 aromatic carbocycles. The minimum absolute atomic E-state index is 0.0425. The lowest BCUT2D eigenvalue weighted by atomic mass is 9.85. The fourth-order valence-corrected chi connectivity index (χ4v) is 3.41. The van der Waals surface area contributed by atoms with Gasteiger partial charge in [-0.3, -0.25) is 4.79 Å². The molecule has 0 bridgehead atoms. The molecule has 1 fully saturated rings. The number of ether oxygens (including phenoxy) is 1. The van der Waals surface area contributed by atoms with Crippen LogP contribution in [0.3, 0.4) is 0 Å². The molecule has 17 heavy (non-hydrogen) atoms. The van der Waals surface area contributed by atoms with Gasteiger partial charge in [0.25, 0.3) is 5.91 Å². The first-order valence-electron chi connectivity index (χ1n) is 5.65. The average molecular weight is 253 g/mol. The van der Waals surface area contributed by atoms with E-state index in [1.165, 1.54) is 11.3 Å². The van der Waals surface area contributed by atoms with E-state index in [0.29, 0.717) is 18.2 Å². The zero-order valence-electron chi connectivity index (χ0n) is 9.66. The molecule has 2 aliphatic heterocycles. The number of anilines is 3. The summed E-state index contributed by atoms with van der Waals surface area (Å²) in [7, 11) is 1.97. The minimum Gasteiger partial charge on any atom is -0.389 e. The number of nitrogens with zero attached hydrogens (tertiary/aromatic N) is 1. The summed E-state index contributed by atoms with van der Waals surface area (Å²) >= 11 is 1.46. The van der Waals surface area contributed by atoms with Crippen LogP contribution in [0.4, 0.5) is 16.4 Å². The van der Waals surface area contributed by atoms with Crippen molar-refractivity contribution in [2.45, 2.75) is 18.4 Å². The van der Waals surface area contributed by atoms with Crippen LogP contribution in [0.15, 0.2) is 5.38 Å². The van der Waals surface area contributed by atoms with E-state index >= 15 is 0 Å². The quantitative estimate of drug-likeness (QED) is 0.730. The number of thiophene rings is 1. The monoisotopic (exact) mass is 253 g/mol. The molecule has 1 saturated heterocycles. The Kier molecular flexibility index (Phi) is 2.31. The fraction of sp³-hybridized carbons (Fsp3) is 0.545. The maximum Gasteiger partial charge on any atom is 0.250 e. The number of carbonyl (C=O) groups is 1. The van der Waals surface area contributed by atoms with E-state index in [2.05, 4.69) is 10.2 Å². The first-order valence-corrected chi connectivity index (χ1v) is 6.53. The Labute approximate surface area is 104 Å². The normalized spacial score (nSPS) is 22.4. The highest BCUT2D eigenvalue weighted by Crippen LogP contribution is 2.46. The predicted octanol–water partition coefficient (Wildman–Crippen LogP) is 1.27. The van der Waals surface area contributed by atoms with E-state index in [1.807, 2.05) is 12.4 Å². The van der Waals surface area contributed by atoms with Crippen LogP contribution in [-0.2, 0) is 9.53 Å². The third-order valence-electron chi connectivity index (χ3n) is 3.78. The van der Waals surface area contributed by atoms with Crippen LogP contribution in [0.25, 0.3) is 0 Å². The third kappa shape index (κ3) is 1.37. The van der Waals surface area contributed by atoms with Crippen LogP contribution < -0.4 is 16.0 Å². The Morgan fingerprint density at radius 3 is 2.94 bits per heavy atom. The molecule has 3 heterocycles. The number of nitrogen functional groups attached to an aromatic ring is 1. The second-order valence-corrected chi connectivity index (χ2v) is 5.43. The number of carbonyl (C=O) groups excluding carboxylic acids is 1. The highest BCUT2D eigenvalue weighted by Gasteiger charge is 2.48. The van der Waals surface area contributed by atoms with Crippen LogP contribution in [0, 0.1) is 0 Å². The SMILES string of the molecule is CN1c2csc(N)c2NC(=O)C12CCOCC2. The molecular weight excluding hydrogens is 238 g/mol. The van der Waals surface area contributed by atoms with Gasteiger partial charge in [-0.05, 0) is 0 Å². The van der Waals surface area contributed by atoms with Crippen molar-refractivity contribution in [3.63, 3.8) is 0 Å². The predicted molar refractivity (Wildman–Crippen MR) is 68.5 cm³/mol. The van der Waals surface area contributed by atoms with Gasteiger partial charge in [-0.1, -0.05) is 0 Å². The van der Waals surface area contributed by atoms with Gasteiger partial charge < -0.3 is 20.7 Å². The molecular formula is C11H15N3O2S. The number of likely N-dealkylation sites (N-methyl/N-ethyl adjacent to an activating group) is 1. The van der Waals surface area contributed by atoms with Crippen LogP contribution in [-0.4, -0.2) is 31.7 Å². The van der Waals surface area contributed by atoms with Crippen molar-refractivity contribution in [3.8, 4) is 0 Å². The third-order valence-corrected chi connectivity index (χ3v) is 4.58. The smallest absolute Gasteiger partial charge is 0.250 e. The number of hydrogen-bond donors (Lipinski definition) is 2. The molecule has 0 aliphatic carbocycles. The van der Waals surface area contributed by atoms with Gasteiger partial charge in [0.1, 0.15) is 10.5 Å². The topological polar surface area (TPSA) is 67.6 Å². The second-order valence-electron chi connectivity index (χ2n) is 4.52. The van der Waals surface area contributed by atoms with E-state index in [9.17, 15) is 4.79 Å². The van der Waals surface area contributed by atoms with Gasteiger partial charge >= 0.3 is 0 Å². The molecule has 92 valence electrons. The van der Waals surface area contributed by atoms with E-state index in [-0.39, 0.29) is 5.91 Å². The molecule has 1 amide bonds. The lowest BCUT2D eigenvalue weighted by Crippen LogP contribution is -2.60. The van der Waals surface area contributed by atoms with Crippen molar-refractivity contribution in [3.05, 3.63) is 5.38 Å². The Morgan fingerprint density at radius 1 is 1.53 bits per heavy atom. The van der Waals surface area contributed by atoms with Crippen molar-refractivity contribution in [2.24, 2.45) is 0 Å². The Hall–Kier alpha value is -1.27. The van der Waals surface area contributed by atoms with Crippen LogP contribution >= 0.6 is 11.3 Å². The summed E-state index contributed by atoms with van der Waals surface area (Å²) in [6.07, 6.45) is 1.45. The largest absolute Gasteiger partial charge is 0.389 e. The summed E-state index contributed by atoms with van der Waals surface area (Å²) in [5.74, 6) is 0.0425. The first-order chi connectivity index (χ1) is 8.15. The first kappa shape index (κ1) is 10.9. The standard InChI is InChI=1S/C11H15N3O2S/c1-14-7-6-17-9(12)8(7)13-10(15)11(14)2-4-16-5-3-11/h6H,2-5,12H2,1H3,(H,13,15). The van der Waals surface area contributed by atoms with Gasteiger partial charge in [-0.2, -0.15) is 0 Å². The van der Waals surface area contributed by atoms with Gasteiger partial charge in [0, 0.05) is 38.5 Å². The van der Waals surface area contributed by atoms with Gasteiger partial charge in [-0.15, -0.1) is 11.3 Å². The summed E-state index contributed by atoms with van der Waals surface area (Å²) < 4.78 is 5.36. The molecule has 6 heteroatoms. The lowest BCUT2D eigenvalue weighted by Gasteiger charge is -2.46. The van der Waals surface area contributed by atoms with Crippen LogP contribution in [0.1, 0.15) is 12.8 Å². The summed E-state index contributed by atoms with van der Waals surface area (Å²) in [5.41, 5.74) is 7.18. The molecule has 3 N–H and O–H groups in total. The van der Waals surface area contributed by atoms with E-state index in [1.54, 1.807) is 0 Å². The molecule has 0 radical (unpaired) electrons. The number of amides is 1. The maximum absolute atomic E-state index is 12.3. The molecule has 1 aromatic rings. The van der Waals surface area contributed by atoms with Crippen molar-refractivity contribution >= 4 is 33.6 Å². The van der Waals surface area contributed by atoms with E-state index in [4.69, 9.17) is 10.5 Å². The second kappa shape index (κ2) is 3.61. The molecule has 3 rings (SSSR count). The molecule has 0 unspecified atom stereocenters. The number of fused-ring (bicyclic) bond motifs is 1. The molecule has 1 spiro atoms. The Bertz CT molecular complexity index is 465. The van der Waals surface area contributed by atoms with Gasteiger partial charge in [0.15, 0.2) is 0 Å². The average Bonchev–Trinajstić information content (AvgIpc) is 2.70. The number of rotatable bonds is 0. The molecule has 2 aliphatic rings. The zero-order valence-corrected chi connectivity index (χ0v) is 10.5. The fourth-order valence-electron chi connectivity index (χ4n) is 2.62. The van der Waals surface area contributed by atoms with Gasteiger partial charge in [-0.25, -0.2) is 0 Å². The molecule has 0 atom stereocenters. The van der Waals surface area contributed by atoms with Crippen LogP contribution in [0.5, 0.6) is 0 Å². The number of nitrogens with two attached hydrogens (primary N) is 1. The van der Waals surface area contributed by atoms with Crippen molar-refractivity contribution in [1.29, 1.82) is 0 Å². The molecule has 1 aromatic heterocycles. The molecule has 0 saturated carbocycles. The lowest BCUT2D eigenvalue weighted by molar-refractivity contribution is -0.124. The van der Waals surface area contributed by atoms with Crippen molar-refractivity contribution in [1.82, 2.24) is 0 Å². The van der Waals surface area contributed by atoms with Crippen molar-refractivity contribution < 1.29 is 9.53 Å². The van der Waals surface area contributed by atoms with E-state index in [0.717, 1.165) is 24.2 Å². The minimum atomic E-state index is -0.460. The van der Waals surface area contributed by atoms with Gasteiger partial charge in [0.05, 0.1) is 11.4 Å². The highest BCUT2D eigenvalue weighted by molar-refractivity contribution is 7.15. The van der Waals surface area contributed by atoms with Crippen molar-refractivity contribution in [2.75, 3.05) is 36.2 Å². The summed E-state index contributed by atoms with van der Waals surface area (Å²) in [5, 5.41) is 5.62. The molecule has 5 nitrogen and oxygen atoms in total. The zero-order chi connectivity index (χ0) is 12.0. The number of nitrogens with one attached hydrogen (secondary N) is 1. The maximum atomic E-state index is 12.3. The van der Waals surface area contributed by atoms with E-state index < -0.39 is 5.54 Å².